The Kier molecular flexibility index (Phi) is 3.51. The largest absolute Gasteiger partial charge is 0.343 e. The van der Waals surface area contributed by atoms with Gasteiger partial charge in [0.15, 0.2) is 6.04 Å². The Morgan fingerprint density at radius 3 is 2.86 bits per heavy atom. The zero-order chi connectivity index (χ0) is 15.3. The maximum Gasteiger partial charge on any atom is 0.343 e. The minimum atomic E-state index is -0.112. The minimum absolute atomic E-state index is 0.112. The summed E-state index contributed by atoms with van der Waals surface area (Å²) in [6, 6.07) is -0.112. The van der Waals surface area contributed by atoms with E-state index in [-0.39, 0.29) is 6.04 Å². The van der Waals surface area contributed by atoms with Crippen LogP contribution in [0.5, 0.6) is 0 Å². The summed E-state index contributed by atoms with van der Waals surface area (Å²) in [6.45, 7) is 8.02. The van der Waals surface area contributed by atoms with Crippen molar-refractivity contribution in [1.29, 1.82) is 0 Å². The van der Waals surface area contributed by atoms with Gasteiger partial charge in [0, 0.05) is 24.6 Å². The van der Waals surface area contributed by atoms with E-state index in [1.807, 2.05) is 24.9 Å². The molecule has 4 aliphatic rings. The molecule has 0 radical (unpaired) electrons. The first-order valence-electron chi connectivity index (χ1n) is 7.85. The molecule has 22 heavy (non-hydrogen) atoms. The summed E-state index contributed by atoms with van der Waals surface area (Å²) in [4.78, 5) is 14.6. The Hall–Kier alpha value is -1.31. The Labute approximate surface area is 135 Å². The fourth-order valence-electron chi connectivity index (χ4n) is 3.57. The zero-order valence-corrected chi connectivity index (χ0v) is 13.9. The fourth-order valence-corrected chi connectivity index (χ4v) is 4.45. The van der Waals surface area contributed by atoms with Crippen LogP contribution in [0.25, 0.3) is 0 Å². The number of hydrogen-bond acceptors (Lipinski definition) is 6. The number of rotatable bonds is 1. The minimum Gasteiger partial charge on any atom is -0.319 e. The van der Waals surface area contributed by atoms with Crippen molar-refractivity contribution < 1.29 is 4.76 Å². The van der Waals surface area contributed by atoms with Crippen molar-refractivity contribution in [2.75, 3.05) is 37.8 Å². The van der Waals surface area contributed by atoms with E-state index in [0.717, 1.165) is 36.8 Å². The maximum atomic E-state index is 12.3. The number of nitroso groups, excluding NO2 is 1. The van der Waals surface area contributed by atoms with Crippen LogP contribution in [0, 0.1) is 4.91 Å². The van der Waals surface area contributed by atoms with Gasteiger partial charge in [0.25, 0.3) is 0 Å². The average molecular weight is 320 g/mol. The van der Waals surface area contributed by atoms with Gasteiger partial charge < -0.3 is 4.90 Å². The van der Waals surface area contributed by atoms with Crippen molar-refractivity contribution in [2.45, 2.75) is 19.9 Å². The van der Waals surface area contributed by atoms with Crippen LogP contribution in [0.3, 0.4) is 0 Å². The Bertz CT molecular complexity index is 605. The van der Waals surface area contributed by atoms with Crippen molar-refractivity contribution >= 4 is 11.8 Å². The lowest BCUT2D eigenvalue weighted by molar-refractivity contribution is -0.531. The zero-order valence-electron chi connectivity index (χ0n) is 13.1. The third-order valence-corrected chi connectivity index (χ3v) is 5.65. The second-order valence-corrected chi connectivity index (χ2v) is 7.42. The molecule has 4 aliphatic heterocycles. The van der Waals surface area contributed by atoms with Gasteiger partial charge in [-0.3, -0.25) is 0 Å². The monoisotopic (exact) mass is 320 g/mol. The van der Waals surface area contributed by atoms with Crippen molar-refractivity contribution in [3.8, 4) is 0 Å². The van der Waals surface area contributed by atoms with Gasteiger partial charge in [0.05, 0.1) is 18.9 Å². The van der Waals surface area contributed by atoms with Crippen LogP contribution in [0.1, 0.15) is 13.8 Å². The van der Waals surface area contributed by atoms with Crippen molar-refractivity contribution in [2.24, 2.45) is 0 Å². The van der Waals surface area contributed by atoms with Gasteiger partial charge in [0.2, 0.25) is 0 Å². The third kappa shape index (κ3) is 2.19. The molecule has 0 aromatic rings. The van der Waals surface area contributed by atoms with E-state index < -0.39 is 0 Å². The second-order valence-electron chi connectivity index (χ2n) is 6.19. The van der Waals surface area contributed by atoms with Crippen molar-refractivity contribution in [1.82, 2.24) is 20.2 Å². The van der Waals surface area contributed by atoms with Gasteiger partial charge in [-0.2, -0.15) is 11.8 Å². The Morgan fingerprint density at radius 1 is 1.32 bits per heavy atom. The van der Waals surface area contributed by atoms with Gasteiger partial charge in [0.1, 0.15) is 11.9 Å². The van der Waals surface area contributed by atoms with E-state index in [1.165, 1.54) is 22.8 Å². The molecule has 0 aromatic heterocycles. The van der Waals surface area contributed by atoms with E-state index in [1.54, 1.807) is 0 Å². The lowest BCUT2D eigenvalue weighted by Crippen LogP contribution is -2.46. The summed E-state index contributed by atoms with van der Waals surface area (Å²) in [5.74, 6) is 3.09. The molecule has 0 spiro atoms. The second kappa shape index (κ2) is 5.40. The molecule has 1 N–H and O–H groups in total. The van der Waals surface area contributed by atoms with Crippen molar-refractivity contribution in [3.63, 3.8) is 0 Å². The Morgan fingerprint density at radius 2 is 2.09 bits per heavy atom. The lowest BCUT2D eigenvalue weighted by atomic mass is 10.0. The highest BCUT2D eigenvalue weighted by molar-refractivity contribution is 7.99. The lowest BCUT2D eigenvalue weighted by Gasteiger charge is -2.34. The summed E-state index contributed by atoms with van der Waals surface area (Å²) in [7, 11) is 0. The molecule has 0 saturated carbocycles. The normalized spacial score (nSPS) is 29.8. The number of hydrogen-bond donors (Lipinski definition) is 1. The smallest absolute Gasteiger partial charge is 0.319 e. The van der Waals surface area contributed by atoms with Crippen molar-refractivity contribution in [3.05, 3.63) is 40.0 Å². The van der Waals surface area contributed by atoms with E-state index in [4.69, 9.17) is 0 Å². The quantitative estimate of drug-likeness (QED) is 0.734. The number of nitrogens with one attached hydrogen (secondary N) is 1. The molecule has 0 amide bonds. The molecule has 7 heteroatoms. The van der Waals surface area contributed by atoms with Crippen LogP contribution in [0.2, 0.25) is 0 Å². The first kappa shape index (κ1) is 14.3. The maximum absolute atomic E-state index is 12.3. The molecule has 4 heterocycles. The SMILES string of the molecule is CC1=CC(C)[N+](=O)C2=C1N1CN(N3CCSCC3)CC1=CN2. The number of fused-ring (bicyclic) bond motifs is 2. The van der Waals surface area contributed by atoms with Crippen LogP contribution in [-0.4, -0.2) is 63.5 Å². The summed E-state index contributed by atoms with van der Waals surface area (Å²) >= 11 is 2.03. The van der Waals surface area contributed by atoms with Gasteiger partial charge in [-0.25, -0.2) is 15.3 Å². The number of nitrogens with zero attached hydrogens (tertiary/aromatic N) is 4. The predicted molar refractivity (Wildman–Crippen MR) is 87.4 cm³/mol. The molecule has 2 fully saturated rings. The molecule has 2 saturated heterocycles. The van der Waals surface area contributed by atoms with Crippen LogP contribution in [-0.2, 0) is 0 Å². The first-order chi connectivity index (χ1) is 10.6. The molecule has 1 unspecified atom stereocenters. The number of allylic oxidation sites excluding steroid dienone is 1. The van der Waals surface area contributed by atoms with Crippen LogP contribution < -0.4 is 5.32 Å². The summed E-state index contributed by atoms with van der Waals surface area (Å²) < 4.78 is 1.08. The fraction of sp³-hybridized carbons (Fsp3) is 0.600. The average Bonchev–Trinajstić information content (AvgIpc) is 2.97. The molecule has 0 aromatic carbocycles. The molecule has 0 bridgehead atoms. The number of hydrazine groups is 1. The molecule has 0 aliphatic carbocycles. The summed E-state index contributed by atoms with van der Waals surface area (Å²) in [5, 5.41) is 8.09. The standard InChI is InChI=1S/C15H22N5OS/c1-11-7-12(2)20(21)15-14(11)19-10-18(9-13(19)8-16-15)17-3-5-22-6-4-17/h7-8,12,16H,3-6,9-10H2,1-2H3/q+1. The Balaban J connectivity index is 1.60. The molecule has 6 nitrogen and oxygen atoms in total. The van der Waals surface area contributed by atoms with E-state index in [9.17, 15) is 4.91 Å². The summed E-state index contributed by atoms with van der Waals surface area (Å²) in [5.41, 5.74) is 3.47. The number of thioether (sulfide) groups is 1. The highest BCUT2D eigenvalue weighted by atomic mass is 32.2. The van der Waals surface area contributed by atoms with Gasteiger partial charge in [-0.1, -0.05) is 4.91 Å². The third-order valence-electron chi connectivity index (χ3n) is 4.71. The molecule has 4 rings (SSSR count). The van der Waals surface area contributed by atoms with E-state index >= 15 is 0 Å². The summed E-state index contributed by atoms with van der Waals surface area (Å²) in [6.07, 6.45) is 4.05. The first-order valence-corrected chi connectivity index (χ1v) is 9.01. The van der Waals surface area contributed by atoms with Gasteiger partial charge in [-0.05, 0) is 30.3 Å². The van der Waals surface area contributed by atoms with E-state index in [2.05, 4.69) is 33.2 Å². The highest BCUT2D eigenvalue weighted by Crippen LogP contribution is 2.34. The highest BCUT2D eigenvalue weighted by Gasteiger charge is 2.42. The van der Waals surface area contributed by atoms with Gasteiger partial charge in [-0.15, -0.1) is 0 Å². The predicted octanol–water partition coefficient (Wildman–Crippen LogP) is 1.27. The molecular weight excluding hydrogens is 298 g/mol. The van der Waals surface area contributed by atoms with Gasteiger partial charge >= 0.3 is 5.82 Å². The van der Waals surface area contributed by atoms with Crippen LogP contribution >= 0.6 is 11.8 Å². The van der Waals surface area contributed by atoms with Crippen LogP contribution in [0.4, 0.5) is 0 Å². The molecule has 1 atom stereocenters. The topological polar surface area (TPSA) is 41.8 Å². The van der Waals surface area contributed by atoms with Crippen LogP contribution in [0.15, 0.2) is 35.1 Å². The molecule has 118 valence electrons. The molecular formula is C15H22N5OS+. The van der Waals surface area contributed by atoms with E-state index in [0.29, 0.717) is 5.82 Å².